The lowest BCUT2D eigenvalue weighted by atomic mass is 9.73. The predicted octanol–water partition coefficient (Wildman–Crippen LogP) is 8.21. The number of hydrogen-bond acceptors (Lipinski definition) is 5. The highest BCUT2D eigenvalue weighted by atomic mass is 16.1. The summed E-state index contributed by atoms with van der Waals surface area (Å²) in [7, 11) is 0. The molecule has 2 N–H and O–H groups in total. The fraction of sp³-hybridized carbons (Fsp3) is 0.175. The van der Waals surface area contributed by atoms with E-state index in [-0.39, 0.29) is 16.6 Å². The zero-order chi connectivity index (χ0) is 31.1. The second-order valence-electron chi connectivity index (χ2n) is 13.3. The van der Waals surface area contributed by atoms with Crippen molar-refractivity contribution in [1.29, 1.82) is 0 Å². The van der Waals surface area contributed by atoms with Crippen molar-refractivity contribution in [3.05, 3.63) is 167 Å². The van der Waals surface area contributed by atoms with E-state index in [1.165, 1.54) is 22.3 Å². The molecule has 4 aromatic rings. The highest BCUT2D eigenvalue weighted by Crippen LogP contribution is 2.52. The Kier molecular flexibility index (Phi) is 5.82. The van der Waals surface area contributed by atoms with Crippen molar-refractivity contribution in [3.63, 3.8) is 0 Å². The minimum atomic E-state index is -0.437. The van der Waals surface area contributed by atoms with Gasteiger partial charge in [-0.25, -0.2) is 0 Å². The van der Waals surface area contributed by atoms with Gasteiger partial charge in [-0.15, -0.1) is 0 Å². The van der Waals surface area contributed by atoms with E-state index in [2.05, 4.69) is 152 Å². The summed E-state index contributed by atoms with van der Waals surface area (Å²) in [5.41, 5.74) is 11.0. The molecule has 0 spiro atoms. The summed E-state index contributed by atoms with van der Waals surface area (Å²) >= 11 is 0. The van der Waals surface area contributed by atoms with Gasteiger partial charge in [0.05, 0.1) is 28.4 Å². The summed E-state index contributed by atoms with van der Waals surface area (Å²) < 4.78 is 0. The Morgan fingerprint density at radius 3 is 1.51 bits per heavy atom. The van der Waals surface area contributed by atoms with Gasteiger partial charge in [-0.3, -0.25) is 9.69 Å². The standard InChI is InChI=1S/C40H36N4O/c1-25-22-36(44-34-20-12-8-16-30(34)40(4,5)31-17-9-13-21-35(31)44)42-38-27(37(25)45)23-26(24-41-38)43-32-18-10-6-14-28(32)39(2,3)29-15-7-11-19-33(29)43/h6-24,38,41-42H,1H2,2-5H3. The van der Waals surface area contributed by atoms with Gasteiger partial charge >= 0.3 is 0 Å². The highest BCUT2D eigenvalue weighted by Gasteiger charge is 2.41. The Hall–Kier alpha value is -5.29. The number of carbonyl (C=O) groups excluding carboxylic acids is 1. The molecule has 4 heterocycles. The molecule has 1 unspecified atom stereocenters. The third-order valence-corrected chi connectivity index (χ3v) is 9.94. The molecule has 45 heavy (non-hydrogen) atoms. The first kappa shape index (κ1) is 27.3. The molecule has 5 nitrogen and oxygen atoms in total. The van der Waals surface area contributed by atoms with Crippen molar-refractivity contribution < 1.29 is 4.79 Å². The lowest BCUT2D eigenvalue weighted by molar-refractivity contribution is -0.112. The normalized spacial score (nSPS) is 20.4. The van der Waals surface area contributed by atoms with Crippen LogP contribution in [0.2, 0.25) is 0 Å². The van der Waals surface area contributed by atoms with Crippen LogP contribution in [0.25, 0.3) is 0 Å². The zero-order valence-corrected chi connectivity index (χ0v) is 26.1. The van der Waals surface area contributed by atoms with Crippen LogP contribution in [0, 0.1) is 0 Å². The largest absolute Gasteiger partial charge is 0.366 e. The minimum absolute atomic E-state index is 0.0848. The third kappa shape index (κ3) is 3.90. The summed E-state index contributed by atoms with van der Waals surface area (Å²) in [5.74, 6) is 0.718. The van der Waals surface area contributed by atoms with E-state index in [0.29, 0.717) is 11.1 Å². The molecule has 0 saturated heterocycles. The van der Waals surface area contributed by atoms with Crippen LogP contribution in [0.5, 0.6) is 0 Å². The first-order valence-corrected chi connectivity index (χ1v) is 15.6. The highest BCUT2D eigenvalue weighted by molar-refractivity contribution is 6.11. The van der Waals surface area contributed by atoms with E-state index in [1.807, 2.05) is 18.4 Å². The number of nitrogens with zero attached hydrogens (tertiary/aromatic N) is 2. The molecule has 4 aromatic carbocycles. The van der Waals surface area contributed by atoms with Gasteiger partial charge in [0.15, 0.2) is 5.78 Å². The van der Waals surface area contributed by atoms with Crippen molar-refractivity contribution in [2.45, 2.75) is 44.7 Å². The van der Waals surface area contributed by atoms with Crippen LogP contribution >= 0.6 is 0 Å². The van der Waals surface area contributed by atoms with E-state index in [1.54, 1.807) is 0 Å². The molecular formula is C40H36N4O. The average Bonchev–Trinajstić information content (AvgIpc) is 3.17. The molecule has 222 valence electrons. The topological polar surface area (TPSA) is 47.6 Å². The maximum absolute atomic E-state index is 14.1. The molecule has 0 fully saturated rings. The molecule has 4 aliphatic heterocycles. The summed E-state index contributed by atoms with van der Waals surface area (Å²) in [4.78, 5) is 18.6. The van der Waals surface area contributed by atoms with Gasteiger partial charge in [0.1, 0.15) is 12.0 Å². The van der Waals surface area contributed by atoms with E-state index < -0.39 is 6.17 Å². The number of para-hydroxylation sites is 4. The number of carbonyl (C=O) groups is 1. The Morgan fingerprint density at radius 1 is 0.622 bits per heavy atom. The second kappa shape index (κ2) is 9.60. The van der Waals surface area contributed by atoms with Gasteiger partial charge in [0.25, 0.3) is 0 Å². The summed E-state index contributed by atoms with van der Waals surface area (Å²) in [6.07, 6.45) is 5.49. The number of ketones is 1. The number of fused-ring (bicyclic) bond motifs is 5. The molecule has 0 radical (unpaired) electrons. The molecule has 0 saturated carbocycles. The molecule has 0 aliphatic carbocycles. The maximum atomic E-state index is 14.1. The van der Waals surface area contributed by atoms with Crippen LogP contribution in [-0.4, -0.2) is 11.9 Å². The minimum Gasteiger partial charge on any atom is -0.366 e. The molecule has 0 bridgehead atoms. The quantitative estimate of drug-likeness (QED) is 0.231. The summed E-state index contributed by atoms with van der Waals surface area (Å²) in [6, 6.07) is 34.1. The van der Waals surface area contributed by atoms with Gasteiger partial charge in [0, 0.05) is 28.2 Å². The molecule has 1 atom stereocenters. The summed E-state index contributed by atoms with van der Waals surface area (Å²) in [5, 5.41) is 7.26. The van der Waals surface area contributed by atoms with Crippen LogP contribution < -0.4 is 20.4 Å². The lowest BCUT2D eigenvalue weighted by Crippen LogP contribution is -2.48. The molecule has 5 heteroatoms. The maximum Gasteiger partial charge on any atom is 0.192 e. The van der Waals surface area contributed by atoms with Crippen LogP contribution in [0.1, 0.15) is 49.9 Å². The van der Waals surface area contributed by atoms with Crippen molar-refractivity contribution >= 4 is 28.5 Å². The lowest BCUT2D eigenvalue weighted by Gasteiger charge is -2.44. The fourth-order valence-corrected chi connectivity index (χ4v) is 7.60. The number of Topliss-reactive ketones (excluding diaryl/α,β-unsaturated/α-hetero) is 1. The van der Waals surface area contributed by atoms with Gasteiger partial charge in [-0.1, -0.05) is 107 Å². The SMILES string of the molecule is C=C1C=C(N2c3ccccc3C(C)(C)c3ccccc32)NC2NC=C(N3c4ccccc4C(C)(C)c4ccccc43)C=C2C1=O. The van der Waals surface area contributed by atoms with Crippen LogP contribution in [0.4, 0.5) is 22.7 Å². The average molecular weight is 589 g/mol. The Balaban J connectivity index is 1.21. The van der Waals surface area contributed by atoms with E-state index in [4.69, 9.17) is 0 Å². The van der Waals surface area contributed by atoms with Crippen molar-refractivity contribution in [2.75, 3.05) is 9.80 Å². The number of anilines is 4. The van der Waals surface area contributed by atoms with Gasteiger partial charge in [0.2, 0.25) is 0 Å². The van der Waals surface area contributed by atoms with E-state index in [9.17, 15) is 4.79 Å². The molecule has 4 aliphatic rings. The molecule has 0 amide bonds. The predicted molar refractivity (Wildman–Crippen MR) is 183 cm³/mol. The first-order chi connectivity index (χ1) is 21.7. The molecular weight excluding hydrogens is 552 g/mol. The zero-order valence-electron chi connectivity index (χ0n) is 26.1. The molecule has 0 aromatic heterocycles. The number of hydrogen-bond donors (Lipinski definition) is 2. The van der Waals surface area contributed by atoms with Crippen LogP contribution in [0.15, 0.2) is 145 Å². The van der Waals surface area contributed by atoms with Crippen molar-refractivity contribution in [2.24, 2.45) is 0 Å². The van der Waals surface area contributed by atoms with Crippen LogP contribution in [-0.2, 0) is 15.6 Å². The number of nitrogens with one attached hydrogen (secondary N) is 2. The number of rotatable bonds is 2. The number of benzene rings is 4. The van der Waals surface area contributed by atoms with E-state index in [0.717, 1.165) is 34.3 Å². The smallest absolute Gasteiger partial charge is 0.192 e. The van der Waals surface area contributed by atoms with Gasteiger partial charge < -0.3 is 15.5 Å². The van der Waals surface area contributed by atoms with Crippen LogP contribution in [0.3, 0.4) is 0 Å². The van der Waals surface area contributed by atoms with Crippen molar-refractivity contribution in [1.82, 2.24) is 10.6 Å². The Morgan fingerprint density at radius 2 is 1.04 bits per heavy atom. The van der Waals surface area contributed by atoms with E-state index >= 15 is 0 Å². The summed E-state index contributed by atoms with van der Waals surface area (Å²) in [6.45, 7) is 13.4. The Labute approximate surface area is 264 Å². The third-order valence-electron chi connectivity index (χ3n) is 9.94. The van der Waals surface area contributed by atoms with Crippen molar-refractivity contribution in [3.8, 4) is 0 Å². The number of allylic oxidation sites excluding steroid dienone is 3. The first-order valence-electron chi connectivity index (χ1n) is 15.6. The molecule has 8 rings (SSSR count). The number of dihydropyridines is 1. The van der Waals surface area contributed by atoms with Gasteiger partial charge in [-0.2, -0.15) is 0 Å². The van der Waals surface area contributed by atoms with Gasteiger partial charge in [-0.05, 0) is 58.7 Å². The second-order valence-corrected chi connectivity index (χ2v) is 13.3. The Bertz CT molecular complexity index is 1930. The fourth-order valence-electron chi connectivity index (χ4n) is 7.60. The monoisotopic (exact) mass is 588 g/mol.